The zero-order valence-corrected chi connectivity index (χ0v) is 12.9. The molecule has 0 aliphatic heterocycles. The van der Waals surface area contributed by atoms with Gasteiger partial charge in [-0.05, 0) is 12.8 Å². The molecular weight excluding hydrogens is 260 g/mol. The number of carbonyl (C=O) groups excluding carboxylic acids is 2. The summed E-state index contributed by atoms with van der Waals surface area (Å²) in [6.45, 7) is 2.22. The fraction of sp³-hybridized carbons (Fsp3) is 0.867. The fourth-order valence-corrected chi connectivity index (χ4v) is 2.69. The van der Waals surface area contributed by atoms with Gasteiger partial charge in [-0.1, -0.05) is 70.1 Å². The minimum atomic E-state index is -1.08. The number of carboxylic acid groups (broad SMARTS) is 1. The van der Waals surface area contributed by atoms with Crippen LogP contribution in [-0.2, 0) is 9.59 Å². The predicted molar refractivity (Wildman–Crippen MR) is 78.9 cm³/mol. The molecule has 0 saturated heterocycles. The molecule has 0 N–H and O–H groups in total. The Kier molecular flexibility index (Phi) is 13.5. The maximum atomic E-state index is 11.4. The van der Waals surface area contributed by atoms with Crippen molar-refractivity contribution in [3.8, 4) is 0 Å². The molecule has 0 amide bonds. The molecule has 0 unspecified atom stereocenters. The highest BCUT2D eigenvalue weighted by Gasteiger charge is 2.02. The van der Waals surface area contributed by atoms with Gasteiger partial charge in [-0.15, -0.1) is 0 Å². The number of carbonyl (C=O) groups is 2. The van der Waals surface area contributed by atoms with Crippen molar-refractivity contribution >= 4 is 22.8 Å². The van der Waals surface area contributed by atoms with Gasteiger partial charge in [0.1, 0.15) is 0 Å². The number of hydrogen-bond acceptors (Lipinski definition) is 4. The van der Waals surface area contributed by atoms with Crippen LogP contribution in [-0.4, -0.2) is 16.8 Å². The first-order valence-electron chi connectivity index (χ1n) is 7.52. The van der Waals surface area contributed by atoms with Gasteiger partial charge in [0.2, 0.25) is 0 Å². The van der Waals surface area contributed by atoms with Crippen molar-refractivity contribution < 1.29 is 14.7 Å². The third-order valence-electron chi connectivity index (χ3n) is 3.05. The average Bonchev–Trinajstić information content (AvgIpc) is 2.36. The minimum absolute atomic E-state index is 0.0336. The Morgan fingerprint density at radius 3 is 1.89 bits per heavy atom. The largest absolute Gasteiger partial charge is 0.550 e. The van der Waals surface area contributed by atoms with E-state index in [-0.39, 0.29) is 11.5 Å². The number of rotatable bonds is 13. The summed E-state index contributed by atoms with van der Waals surface area (Å²) in [6, 6.07) is 0. The smallest absolute Gasteiger partial charge is 0.188 e. The zero-order valence-electron chi connectivity index (χ0n) is 12.1. The summed E-state index contributed by atoms with van der Waals surface area (Å²) in [5.74, 6) is -0.734. The maximum Gasteiger partial charge on any atom is 0.188 e. The molecule has 3 nitrogen and oxygen atoms in total. The van der Waals surface area contributed by atoms with Crippen LogP contribution in [0.4, 0.5) is 0 Å². The molecule has 0 saturated carbocycles. The highest BCUT2D eigenvalue weighted by Crippen LogP contribution is 2.13. The summed E-state index contributed by atoms with van der Waals surface area (Å²) in [7, 11) is 0. The molecule has 0 bridgehead atoms. The van der Waals surface area contributed by atoms with Crippen molar-refractivity contribution in [1.29, 1.82) is 0 Å². The molecule has 0 aromatic heterocycles. The highest BCUT2D eigenvalue weighted by molar-refractivity contribution is 8.13. The quantitative estimate of drug-likeness (QED) is 0.488. The molecule has 0 aliphatic rings. The molecule has 0 spiro atoms. The number of thioether (sulfide) groups is 1. The Morgan fingerprint density at radius 2 is 1.37 bits per heavy atom. The summed E-state index contributed by atoms with van der Waals surface area (Å²) < 4.78 is 0. The van der Waals surface area contributed by atoms with Gasteiger partial charge >= 0.3 is 0 Å². The molecule has 0 radical (unpaired) electrons. The molecule has 0 aliphatic carbocycles. The van der Waals surface area contributed by atoms with Gasteiger partial charge < -0.3 is 9.90 Å². The Balaban J connectivity index is 3.16. The second kappa shape index (κ2) is 13.9. The van der Waals surface area contributed by atoms with E-state index in [1.807, 2.05) is 0 Å². The second-order valence-electron chi connectivity index (χ2n) is 4.92. The van der Waals surface area contributed by atoms with E-state index < -0.39 is 5.97 Å². The van der Waals surface area contributed by atoms with Crippen LogP contribution in [0.15, 0.2) is 0 Å². The summed E-state index contributed by atoms with van der Waals surface area (Å²) in [5, 5.41) is 10.3. The lowest BCUT2D eigenvalue weighted by molar-refractivity contribution is -0.305. The van der Waals surface area contributed by atoms with E-state index in [0.29, 0.717) is 12.2 Å². The molecule has 0 rings (SSSR count). The number of carboxylic acids is 1. The van der Waals surface area contributed by atoms with Crippen molar-refractivity contribution in [3.05, 3.63) is 0 Å². The average molecular weight is 287 g/mol. The standard InChI is InChI=1S/C15H28O3S/c1-2-3-4-5-6-7-8-9-10-11-15(18)19-13-12-14(16)17/h2-13H2,1H3,(H,16,17)/p-1. The normalized spacial score (nSPS) is 10.6. The zero-order chi connectivity index (χ0) is 14.3. The van der Waals surface area contributed by atoms with Crippen LogP contribution in [0, 0.1) is 0 Å². The number of aliphatic carboxylic acids is 1. The molecule has 0 heterocycles. The SMILES string of the molecule is CCCCCCCCCCCC(=O)SCCC(=O)[O-]. The number of hydrogen-bond donors (Lipinski definition) is 0. The van der Waals surface area contributed by atoms with Crippen LogP contribution in [0.5, 0.6) is 0 Å². The van der Waals surface area contributed by atoms with E-state index in [1.165, 1.54) is 44.9 Å². The lowest BCUT2D eigenvalue weighted by atomic mass is 10.1. The first-order valence-corrected chi connectivity index (χ1v) is 8.50. The van der Waals surface area contributed by atoms with Gasteiger partial charge in [0.15, 0.2) is 5.12 Å². The van der Waals surface area contributed by atoms with Gasteiger partial charge in [-0.25, -0.2) is 0 Å². The third-order valence-corrected chi connectivity index (χ3v) is 3.99. The number of unbranched alkanes of at least 4 members (excludes halogenated alkanes) is 8. The van der Waals surface area contributed by atoms with Crippen molar-refractivity contribution in [2.45, 2.75) is 77.6 Å². The van der Waals surface area contributed by atoms with Gasteiger partial charge in [0.05, 0.1) is 0 Å². The van der Waals surface area contributed by atoms with Crippen molar-refractivity contribution in [2.24, 2.45) is 0 Å². The summed E-state index contributed by atoms with van der Waals surface area (Å²) in [5.41, 5.74) is 0. The first-order chi connectivity index (χ1) is 9.16. The van der Waals surface area contributed by atoms with Gasteiger partial charge in [-0.3, -0.25) is 4.79 Å². The van der Waals surface area contributed by atoms with E-state index in [1.54, 1.807) is 0 Å². The molecule has 0 aromatic carbocycles. The maximum absolute atomic E-state index is 11.4. The molecule has 0 aromatic rings. The van der Waals surface area contributed by atoms with Gasteiger partial charge in [0, 0.05) is 18.1 Å². The van der Waals surface area contributed by atoms with Crippen LogP contribution >= 0.6 is 11.8 Å². The van der Waals surface area contributed by atoms with Gasteiger partial charge in [0.25, 0.3) is 0 Å². The van der Waals surface area contributed by atoms with E-state index >= 15 is 0 Å². The Hall–Kier alpha value is -0.510. The Bertz CT molecular complexity index is 242. The van der Waals surface area contributed by atoms with Crippen LogP contribution < -0.4 is 5.11 Å². The predicted octanol–water partition coefficient (Wildman–Crippen LogP) is 3.31. The highest BCUT2D eigenvalue weighted by atomic mass is 32.2. The first kappa shape index (κ1) is 18.5. The van der Waals surface area contributed by atoms with Crippen molar-refractivity contribution in [3.63, 3.8) is 0 Å². The second-order valence-corrected chi connectivity index (χ2v) is 6.07. The fourth-order valence-electron chi connectivity index (χ4n) is 1.90. The van der Waals surface area contributed by atoms with E-state index in [0.717, 1.165) is 24.6 Å². The summed E-state index contributed by atoms with van der Waals surface area (Å²) >= 11 is 1.12. The molecule has 4 heteroatoms. The molecule has 19 heavy (non-hydrogen) atoms. The van der Waals surface area contributed by atoms with E-state index in [2.05, 4.69) is 6.92 Å². The third kappa shape index (κ3) is 15.4. The minimum Gasteiger partial charge on any atom is -0.550 e. The molecule has 0 fully saturated rings. The molecular formula is C15H27O3S-. The molecule has 0 atom stereocenters. The van der Waals surface area contributed by atoms with Crippen molar-refractivity contribution in [2.75, 3.05) is 5.75 Å². The van der Waals surface area contributed by atoms with Crippen LogP contribution in [0.3, 0.4) is 0 Å². The van der Waals surface area contributed by atoms with E-state index in [4.69, 9.17) is 0 Å². The Morgan fingerprint density at radius 1 is 0.842 bits per heavy atom. The Labute approximate surface area is 121 Å². The van der Waals surface area contributed by atoms with E-state index in [9.17, 15) is 14.7 Å². The van der Waals surface area contributed by atoms with Crippen molar-refractivity contribution in [1.82, 2.24) is 0 Å². The van der Waals surface area contributed by atoms with Crippen LogP contribution in [0.1, 0.15) is 77.6 Å². The lowest BCUT2D eigenvalue weighted by Crippen LogP contribution is -2.22. The topological polar surface area (TPSA) is 57.2 Å². The summed E-state index contributed by atoms with van der Waals surface area (Å²) in [6.07, 6.45) is 11.7. The lowest BCUT2D eigenvalue weighted by Gasteiger charge is -2.03. The molecule has 112 valence electrons. The van der Waals surface area contributed by atoms with Gasteiger partial charge in [-0.2, -0.15) is 0 Å². The van der Waals surface area contributed by atoms with Crippen LogP contribution in [0.25, 0.3) is 0 Å². The summed E-state index contributed by atoms with van der Waals surface area (Å²) in [4.78, 5) is 21.6. The monoisotopic (exact) mass is 287 g/mol. The van der Waals surface area contributed by atoms with Crippen LogP contribution in [0.2, 0.25) is 0 Å².